The van der Waals surface area contributed by atoms with Gasteiger partial charge in [-0.15, -0.1) is 13.2 Å². The Morgan fingerprint density at radius 2 is 1.65 bits per heavy atom. The minimum absolute atomic E-state index is 0.219. The van der Waals surface area contributed by atoms with Crippen LogP contribution in [0.15, 0.2) is 61.1 Å². The number of halogens is 3. The predicted octanol–water partition coefficient (Wildman–Crippen LogP) is 5.72. The number of ether oxygens (including phenoxy) is 3. The van der Waals surface area contributed by atoms with E-state index >= 15 is 0 Å². The molecule has 0 aliphatic heterocycles. The van der Waals surface area contributed by atoms with Crippen LogP contribution in [0.2, 0.25) is 0 Å². The van der Waals surface area contributed by atoms with Crippen molar-refractivity contribution in [3.05, 3.63) is 72.4 Å². The van der Waals surface area contributed by atoms with E-state index in [4.69, 9.17) is 9.47 Å². The van der Waals surface area contributed by atoms with E-state index < -0.39 is 6.36 Å². The molecule has 0 saturated carbocycles. The predicted molar refractivity (Wildman–Crippen MR) is 118 cm³/mol. The van der Waals surface area contributed by atoms with Crippen molar-refractivity contribution in [2.45, 2.75) is 20.2 Å². The second-order valence-corrected chi connectivity index (χ2v) is 7.23. The summed E-state index contributed by atoms with van der Waals surface area (Å²) in [4.78, 5) is 12.9. The van der Waals surface area contributed by atoms with Gasteiger partial charge in [0.25, 0.3) is 0 Å². The maximum atomic E-state index is 12.3. The molecule has 0 atom stereocenters. The quantitative estimate of drug-likeness (QED) is 0.369. The number of aryl methyl sites for hydroxylation is 2. The fourth-order valence-electron chi connectivity index (χ4n) is 3.13. The van der Waals surface area contributed by atoms with Gasteiger partial charge in [-0.05, 0) is 50.2 Å². The lowest BCUT2D eigenvalue weighted by molar-refractivity contribution is -0.274. The standard InChI is InChI=1S/C23H20F3N5O3/c1-14-10-21(33-17-5-7-18(8-6-17)34-23(24,25)26)30-22(28-14)29-16-4-9-19(20(11-16)32-3)31-12-15(2)27-13-31/h4-13H,1-3H3,(H,28,29,30). The van der Waals surface area contributed by atoms with E-state index in [1.54, 1.807) is 32.5 Å². The first-order chi connectivity index (χ1) is 16.2. The molecule has 0 spiro atoms. The largest absolute Gasteiger partial charge is 0.573 e. The molecule has 0 fully saturated rings. The van der Waals surface area contributed by atoms with Crippen molar-refractivity contribution in [3.63, 3.8) is 0 Å². The van der Waals surface area contributed by atoms with Crippen LogP contribution in [0, 0.1) is 13.8 Å². The van der Waals surface area contributed by atoms with E-state index in [2.05, 4.69) is 25.0 Å². The number of imidazole rings is 1. The van der Waals surface area contributed by atoms with Crippen molar-refractivity contribution < 1.29 is 27.4 Å². The normalized spacial score (nSPS) is 11.2. The third kappa shape index (κ3) is 5.74. The number of nitrogens with one attached hydrogen (secondary N) is 1. The van der Waals surface area contributed by atoms with Crippen LogP contribution in [0.5, 0.6) is 23.1 Å². The van der Waals surface area contributed by atoms with Crippen LogP contribution >= 0.6 is 0 Å². The van der Waals surface area contributed by atoms with Crippen LogP contribution in [0.25, 0.3) is 5.69 Å². The van der Waals surface area contributed by atoms with Gasteiger partial charge in [0.05, 0.1) is 24.8 Å². The molecular weight excluding hydrogens is 451 g/mol. The first kappa shape index (κ1) is 22.9. The smallest absolute Gasteiger partial charge is 0.494 e. The summed E-state index contributed by atoms with van der Waals surface area (Å²) >= 11 is 0. The summed E-state index contributed by atoms with van der Waals surface area (Å²) < 4.78 is 53.9. The van der Waals surface area contributed by atoms with Gasteiger partial charge in [-0.3, -0.25) is 0 Å². The highest BCUT2D eigenvalue weighted by atomic mass is 19.4. The number of hydrogen-bond acceptors (Lipinski definition) is 7. The number of rotatable bonds is 7. The number of aromatic nitrogens is 4. The van der Waals surface area contributed by atoms with Gasteiger partial charge in [0.1, 0.15) is 17.2 Å². The molecule has 0 saturated heterocycles. The molecule has 4 aromatic rings. The van der Waals surface area contributed by atoms with Crippen LogP contribution in [-0.4, -0.2) is 33.0 Å². The lowest BCUT2D eigenvalue weighted by Crippen LogP contribution is -2.16. The molecule has 0 bridgehead atoms. The zero-order valence-corrected chi connectivity index (χ0v) is 18.4. The van der Waals surface area contributed by atoms with E-state index in [0.29, 0.717) is 22.9 Å². The Kier molecular flexibility index (Phi) is 6.26. The maximum absolute atomic E-state index is 12.3. The number of alkyl halides is 3. The Morgan fingerprint density at radius 3 is 2.29 bits per heavy atom. The molecule has 176 valence electrons. The van der Waals surface area contributed by atoms with Gasteiger partial charge in [0.2, 0.25) is 11.8 Å². The highest BCUT2D eigenvalue weighted by Crippen LogP contribution is 2.30. The number of hydrogen-bond donors (Lipinski definition) is 1. The van der Waals surface area contributed by atoms with E-state index in [-0.39, 0.29) is 17.6 Å². The molecule has 4 rings (SSSR count). The molecule has 0 amide bonds. The van der Waals surface area contributed by atoms with E-state index in [1.807, 2.05) is 29.8 Å². The zero-order valence-electron chi connectivity index (χ0n) is 18.4. The third-order valence-corrected chi connectivity index (χ3v) is 4.54. The highest BCUT2D eigenvalue weighted by Gasteiger charge is 2.31. The van der Waals surface area contributed by atoms with Crippen LogP contribution in [0.1, 0.15) is 11.4 Å². The molecular formula is C23H20F3N5O3. The molecule has 34 heavy (non-hydrogen) atoms. The summed E-state index contributed by atoms with van der Waals surface area (Å²) in [6.07, 6.45) is -1.17. The number of methoxy groups -OCH3 is 1. The molecule has 2 aromatic heterocycles. The monoisotopic (exact) mass is 471 g/mol. The fraction of sp³-hybridized carbons (Fsp3) is 0.174. The lowest BCUT2D eigenvalue weighted by atomic mass is 10.2. The maximum Gasteiger partial charge on any atom is 0.573 e. The van der Waals surface area contributed by atoms with E-state index in [9.17, 15) is 13.2 Å². The van der Waals surface area contributed by atoms with Crippen LogP contribution in [0.3, 0.4) is 0 Å². The second-order valence-electron chi connectivity index (χ2n) is 7.23. The molecule has 11 heteroatoms. The Balaban J connectivity index is 1.51. The summed E-state index contributed by atoms with van der Waals surface area (Å²) in [5.41, 5.74) is 3.01. The van der Waals surface area contributed by atoms with Crippen molar-refractivity contribution in [1.29, 1.82) is 0 Å². The molecule has 0 radical (unpaired) electrons. The minimum Gasteiger partial charge on any atom is -0.494 e. The molecule has 0 aliphatic rings. The minimum atomic E-state index is -4.76. The van der Waals surface area contributed by atoms with E-state index in [1.165, 1.54) is 12.1 Å². The molecule has 0 unspecified atom stereocenters. The SMILES string of the molecule is COc1cc(Nc2nc(C)cc(Oc3ccc(OC(F)(F)F)cc3)n2)ccc1-n1cnc(C)c1. The first-order valence-electron chi connectivity index (χ1n) is 10.0. The second kappa shape index (κ2) is 9.30. The zero-order chi connectivity index (χ0) is 24.3. The van der Waals surface area contributed by atoms with Crippen LogP contribution in [0.4, 0.5) is 24.8 Å². The molecule has 8 nitrogen and oxygen atoms in total. The van der Waals surface area contributed by atoms with Gasteiger partial charge in [0.15, 0.2) is 0 Å². The molecule has 0 aliphatic carbocycles. The summed E-state index contributed by atoms with van der Waals surface area (Å²) in [5.74, 6) is 1.06. The van der Waals surface area contributed by atoms with Crippen molar-refractivity contribution in [1.82, 2.24) is 19.5 Å². The van der Waals surface area contributed by atoms with Gasteiger partial charge >= 0.3 is 6.36 Å². The average molecular weight is 471 g/mol. The average Bonchev–Trinajstić information content (AvgIpc) is 3.19. The Hall–Kier alpha value is -4.28. The summed E-state index contributed by atoms with van der Waals surface area (Å²) in [5, 5.41) is 3.11. The van der Waals surface area contributed by atoms with Crippen LogP contribution in [-0.2, 0) is 0 Å². The third-order valence-electron chi connectivity index (χ3n) is 4.54. The van der Waals surface area contributed by atoms with Crippen molar-refractivity contribution in [3.8, 4) is 28.8 Å². The summed E-state index contributed by atoms with van der Waals surface area (Å²) in [7, 11) is 1.58. The van der Waals surface area contributed by atoms with Crippen molar-refractivity contribution in [2.75, 3.05) is 12.4 Å². The van der Waals surface area contributed by atoms with Crippen molar-refractivity contribution in [2.24, 2.45) is 0 Å². The van der Waals surface area contributed by atoms with Crippen LogP contribution < -0.4 is 19.5 Å². The van der Waals surface area contributed by atoms with E-state index in [0.717, 1.165) is 23.5 Å². The topological polar surface area (TPSA) is 83.3 Å². The number of benzene rings is 2. The molecule has 1 N–H and O–H groups in total. The van der Waals surface area contributed by atoms with Gasteiger partial charge in [0, 0.05) is 29.7 Å². The Bertz CT molecular complexity index is 1290. The Morgan fingerprint density at radius 1 is 0.912 bits per heavy atom. The summed E-state index contributed by atoms with van der Waals surface area (Å²) in [6, 6.07) is 12.2. The van der Waals surface area contributed by atoms with Crippen molar-refractivity contribution >= 4 is 11.6 Å². The first-order valence-corrected chi connectivity index (χ1v) is 10.0. The summed E-state index contributed by atoms with van der Waals surface area (Å²) in [6.45, 7) is 3.67. The van der Waals surface area contributed by atoms with Gasteiger partial charge in [-0.25, -0.2) is 9.97 Å². The number of anilines is 2. The van der Waals surface area contributed by atoms with Gasteiger partial charge in [-0.1, -0.05) is 0 Å². The molecule has 2 heterocycles. The Labute approximate surface area is 193 Å². The van der Waals surface area contributed by atoms with Gasteiger partial charge in [-0.2, -0.15) is 4.98 Å². The number of nitrogens with zero attached hydrogens (tertiary/aromatic N) is 4. The lowest BCUT2D eigenvalue weighted by Gasteiger charge is -2.13. The fourth-order valence-corrected chi connectivity index (χ4v) is 3.13. The highest BCUT2D eigenvalue weighted by molar-refractivity contribution is 5.62. The molecule has 2 aromatic carbocycles. The van der Waals surface area contributed by atoms with Gasteiger partial charge < -0.3 is 24.1 Å².